The molecule has 36 heavy (non-hydrogen) atoms. The molecule has 0 atom stereocenters. The Kier molecular flexibility index (Phi) is 9.63. The van der Waals surface area contributed by atoms with Crippen LogP contribution in [0.3, 0.4) is 0 Å². The fourth-order valence-electron chi connectivity index (χ4n) is 3.60. The fraction of sp³-hybridized carbons (Fsp3) is 0.276. The first-order valence-corrected chi connectivity index (χ1v) is 12.0. The lowest BCUT2D eigenvalue weighted by Gasteiger charge is -2.21. The van der Waals surface area contributed by atoms with Crippen molar-refractivity contribution < 1.29 is 19.1 Å². The van der Waals surface area contributed by atoms with Crippen LogP contribution >= 0.6 is 0 Å². The van der Waals surface area contributed by atoms with Gasteiger partial charge in [-0.15, -0.1) is 0 Å². The van der Waals surface area contributed by atoms with Gasteiger partial charge in [-0.3, -0.25) is 9.59 Å². The highest BCUT2D eigenvalue weighted by atomic mass is 16.5. The zero-order valence-corrected chi connectivity index (χ0v) is 21.3. The Labute approximate surface area is 212 Å². The van der Waals surface area contributed by atoms with Gasteiger partial charge in [-0.1, -0.05) is 36.4 Å². The van der Waals surface area contributed by atoms with E-state index in [2.05, 4.69) is 43.0 Å². The minimum atomic E-state index is -0.314. The van der Waals surface area contributed by atoms with Gasteiger partial charge in [0.15, 0.2) is 0 Å². The second-order valence-electron chi connectivity index (χ2n) is 8.21. The molecule has 0 saturated heterocycles. The van der Waals surface area contributed by atoms with Crippen molar-refractivity contribution >= 4 is 35.2 Å². The van der Waals surface area contributed by atoms with E-state index in [1.165, 1.54) is 19.5 Å². The first-order valence-electron chi connectivity index (χ1n) is 12.0. The Morgan fingerprint density at radius 3 is 1.50 bits per heavy atom. The summed E-state index contributed by atoms with van der Waals surface area (Å²) in [7, 11) is 0. The summed E-state index contributed by atoms with van der Waals surface area (Å²) in [4.78, 5) is 24.5. The summed E-state index contributed by atoms with van der Waals surface area (Å²) in [5.41, 5.74) is 5.65. The Morgan fingerprint density at radius 1 is 0.694 bits per heavy atom. The standard InChI is InChI=1S/C29H33N3O4/c1-5-31(6-2)27-13-7-24(8-14-27)19-30-32(28-15-9-25(10-16-28)20-35-22(3)33)29-17-11-26(12-18-29)21-36-23(4)34/h7-19H,5-6,20-21H2,1-4H3. The number of carbonyl (C=O) groups is 2. The van der Waals surface area contributed by atoms with E-state index < -0.39 is 0 Å². The van der Waals surface area contributed by atoms with Crippen LogP contribution in [-0.2, 0) is 32.3 Å². The largest absolute Gasteiger partial charge is 0.461 e. The van der Waals surface area contributed by atoms with E-state index >= 15 is 0 Å². The van der Waals surface area contributed by atoms with Crippen molar-refractivity contribution in [3.63, 3.8) is 0 Å². The van der Waals surface area contributed by atoms with Crippen LogP contribution in [0.1, 0.15) is 44.4 Å². The summed E-state index contributed by atoms with van der Waals surface area (Å²) in [6.07, 6.45) is 1.82. The Bertz CT molecular complexity index is 1090. The molecule has 0 saturated carbocycles. The molecular formula is C29H33N3O4. The summed E-state index contributed by atoms with van der Waals surface area (Å²) in [5.74, 6) is -0.627. The van der Waals surface area contributed by atoms with Crippen molar-refractivity contribution in [3.8, 4) is 0 Å². The number of carbonyl (C=O) groups excluding carboxylic acids is 2. The van der Waals surface area contributed by atoms with E-state index in [0.29, 0.717) is 0 Å². The molecule has 0 aromatic heterocycles. The van der Waals surface area contributed by atoms with Crippen LogP contribution in [-0.4, -0.2) is 31.2 Å². The van der Waals surface area contributed by atoms with Crippen molar-refractivity contribution in [2.45, 2.75) is 40.9 Å². The van der Waals surface area contributed by atoms with Gasteiger partial charge in [0.2, 0.25) is 0 Å². The van der Waals surface area contributed by atoms with E-state index in [1.54, 1.807) is 0 Å². The molecule has 0 aliphatic rings. The third-order valence-electron chi connectivity index (χ3n) is 5.59. The highest BCUT2D eigenvalue weighted by Gasteiger charge is 2.10. The van der Waals surface area contributed by atoms with Gasteiger partial charge in [0.25, 0.3) is 0 Å². The van der Waals surface area contributed by atoms with E-state index in [0.717, 1.165) is 41.2 Å². The molecule has 0 unspecified atom stereocenters. The number of hydrogen-bond acceptors (Lipinski definition) is 7. The maximum Gasteiger partial charge on any atom is 0.302 e. The van der Waals surface area contributed by atoms with Crippen molar-refractivity contribution in [1.29, 1.82) is 0 Å². The summed E-state index contributed by atoms with van der Waals surface area (Å²) in [6, 6.07) is 23.7. The van der Waals surface area contributed by atoms with Crippen molar-refractivity contribution in [3.05, 3.63) is 89.5 Å². The van der Waals surface area contributed by atoms with Crippen molar-refractivity contribution in [2.24, 2.45) is 5.10 Å². The van der Waals surface area contributed by atoms with Gasteiger partial charge < -0.3 is 14.4 Å². The molecule has 3 aromatic carbocycles. The highest BCUT2D eigenvalue weighted by Crippen LogP contribution is 2.27. The van der Waals surface area contributed by atoms with Crippen LogP contribution in [0.15, 0.2) is 77.9 Å². The first kappa shape index (κ1) is 26.5. The number of rotatable bonds is 11. The fourth-order valence-corrected chi connectivity index (χ4v) is 3.60. The molecule has 0 aliphatic heterocycles. The van der Waals surface area contributed by atoms with Gasteiger partial charge in [-0.2, -0.15) is 5.10 Å². The van der Waals surface area contributed by atoms with Gasteiger partial charge in [-0.25, -0.2) is 5.01 Å². The average molecular weight is 488 g/mol. The van der Waals surface area contributed by atoms with Gasteiger partial charge in [0, 0.05) is 32.6 Å². The van der Waals surface area contributed by atoms with Crippen molar-refractivity contribution in [1.82, 2.24) is 0 Å². The number of hydrogen-bond donors (Lipinski definition) is 0. The maximum atomic E-state index is 11.1. The normalized spacial score (nSPS) is 10.8. The number of anilines is 3. The summed E-state index contributed by atoms with van der Waals surface area (Å²) < 4.78 is 10.2. The first-order chi connectivity index (χ1) is 17.4. The second-order valence-corrected chi connectivity index (χ2v) is 8.21. The van der Waals surface area contributed by atoms with E-state index in [-0.39, 0.29) is 25.2 Å². The zero-order chi connectivity index (χ0) is 25.9. The topological polar surface area (TPSA) is 71.4 Å². The Hall–Kier alpha value is -4.13. The minimum Gasteiger partial charge on any atom is -0.461 e. The third kappa shape index (κ3) is 7.70. The number of hydrazone groups is 1. The molecule has 0 spiro atoms. The lowest BCUT2D eigenvalue weighted by atomic mass is 10.2. The lowest BCUT2D eigenvalue weighted by Crippen LogP contribution is -2.21. The molecule has 0 aliphatic carbocycles. The molecule has 0 fully saturated rings. The highest BCUT2D eigenvalue weighted by molar-refractivity contribution is 5.82. The van der Waals surface area contributed by atoms with E-state index in [9.17, 15) is 9.59 Å². The SMILES string of the molecule is CCN(CC)c1ccc(C=NN(c2ccc(COC(C)=O)cc2)c2ccc(COC(C)=O)cc2)cc1. The molecule has 188 valence electrons. The summed E-state index contributed by atoms with van der Waals surface area (Å²) >= 11 is 0. The molecule has 3 aromatic rings. The molecular weight excluding hydrogens is 454 g/mol. The molecule has 0 amide bonds. The smallest absolute Gasteiger partial charge is 0.302 e. The van der Waals surface area contributed by atoms with Gasteiger partial charge in [0.1, 0.15) is 13.2 Å². The van der Waals surface area contributed by atoms with Crippen LogP contribution in [0.5, 0.6) is 0 Å². The van der Waals surface area contributed by atoms with Crippen LogP contribution < -0.4 is 9.91 Å². The van der Waals surface area contributed by atoms with Crippen LogP contribution in [0.25, 0.3) is 0 Å². The number of esters is 2. The Morgan fingerprint density at radius 2 is 1.11 bits per heavy atom. The third-order valence-corrected chi connectivity index (χ3v) is 5.59. The second kappa shape index (κ2) is 13.1. The number of ether oxygens (including phenoxy) is 2. The molecule has 0 N–H and O–H groups in total. The molecule has 7 heteroatoms. The predicted octanol–water partition coefficient (Wildman–Crippen LogP) is 5.83. The Balaban J connectivity index is 1.86. The number of benzene rings is 3. The molecule has 3 rings (SSSR count). The van der Waals surface area contributed by atoms with Crippen molar-refractivity contribution in [2.75, 3.05) is 23.0 Å². The zero-order valence-electron chi connectivity index (χ0n) is 21.3. The van der Waals surface area contributed by atoms with Crippen LogP contribution in [0.2, 0.25) is 0 Å². The maximum absolute atomic E-state index is 11.1. The lowest BCUT2D eigenvalue weighted by molar-refractivity contribution is -0.143. The van der Waals surface area contributed by atoms with Gasteiger partial charge in [0.05, 0.1) is 17.6 Å². The van der Waals surface area contributed by atoms with E-state index in [1.807, 2.05) is 59.8 Å². The minimum absolute atomic E-state index is 0.225. The quantitative estimate of drug-likeness (QED) is 0.192. The van der Waals surface area contributed by atoms with Gasteiger partial charge >= 0.3 is 11.9 Å². The summed E-state index contributed by atoms with van der Waals surface area (Å²) in [6.45, 7) is 9.44. The number of nitrogens with zero attached hydrogens (tertiary/aromatic N) is 3. The monoisotopic (exact) mass is 487 g/mol. The van der Waals surface area contributed by atoms with Crippen LogP contribution in [0.4, 0.5) is 17.1 Å². The summed E-state index contributed by atoms with van der Waals surface area (Å²) in [5, 5.41) is 6.62. The van der Waals surface area contributed by atoms with Crippen LogP contribution in [0, 0.1) is 0 Å². The molecule has 7 nitrogen and oxygen atoms in total. The average Bonchev–Trinajstić information content (AvgIpc) is 2.89. The molecule has 0 bridgehead atoms. The predicted molar refractivity (Wildman–Crippen MR) is 144 cm³/mol. The van der Waals surface area contributed by atoms with E-state index in [4.69, 9.17) is 14.6 Å². The van der Waals surface area contributed by atoms with Gasteiger partial charge in [-0.05, 0) is 66.9 Å². The molecule has 0 heterocycles. The molecule has 0 radical (unpaired) electrons.